The maximum Gasteiger partial charge on any atom is 0.227 e. The molecule has 1 atom stereocenters. The van der Waals surface area contributed by atoms with E-state index in [-0.39, 0.29) is 5.75 Å². The summed E-state index contributed by atoms with van der Waals surface area (Å²) in [4.78, 5) is 2.24. The van der Waals surface area contributed by atoms with Crippen molar-refractivity contribution in [2.24, 2.45) is 11.8 Å². The predicted molar refractivity (Wildman–Crippen MR) is 134 cm³/mol. The summed E-state index contributed by atoms with van der Waals surface area (Å²) in [5.41, 5.74) is 2.53. The van der Waals surface area contributed by atoms with Gasteiger partial charge in [0.15, 0.2) is 11.6 Å². The number of nitrogens with zero attached hydrogens (tertiary/aromatic N) is 3. The molecule has 0 aliphatic heterocycles. The number of hydrogen-bond donors (Lipinski definition) is 1. The standard InChI is InChI=1S/C28H36FN3O3/c1-20(2)18-34-19-24(33)16-31(15-22-13-14-22)17-25-21(3)30-32(23-9-5-4-6-10-23)28(25)35-27-12-8-7-11-26(27)29/h4-12,20,22,24,33H,13-19H2,1-3H3/t24-/m1/s1. The van der Waals surface area contributed by atoms with Crippen LogP contribution < -0.4 is 4.74 Å². The molecule has 4 rings (SSSR count). The number of aromatic nitrogens is 2. The monoisotopic (exact) mass is 481 g/mol. The number of aliphatic hydroxyl groups is 1. The van der Waals surface area contributed by atoms with E-state index in [1.165, 1.54) is 18.9 Å². The van der Waals surface area contributed by atoms with Gasteiger partial charge in [0.05, 0.1) is 29.7 Å². The van der Waals surface area contributed by atoms with E-state index in [9.17, 15) is 9.50 Å². The minimum absolute atomic E-state index is 0.154. The smallest absolute Gasteiger partial charge is 0.227 e. The zero-order valence-corrected chi connectivity index (χ0v) is 20.9. The van der Waals surface area contributed by atoms with Crippen LogP contribution in [0.25, 0.3) is 5.69 Å². The van der Waals surface area contributed by atoms with Crippen molar-refractivity contribution in [1.29, 1.82) is 0 Å². The molecule has 3 aromatic rings. The van der Waals surface area contributed by atoms with Gasteiger partial charge in [-0.25, -0.2) is 9.07 Å². The highest BCUT2D eigenvalue weighted by Gasteiger charge is 2.28. The van der Waals surface area contributed by atoms with Gasteiger partial charge in [0.2, 0.25) is 5.88 Å². The van der Waals surface area contributed by atoms with E-state index in [4.69, 9.17) is 14.6 Å². The molecule has 1 aliphatic carbocycles. The summed E-state index contributed by atoms with van der Waals surface area (Å²) < 4.78 is 28.1. The first-order valence-corrected chi connectivity index (χ1v) is 12.4. The lowest BCUT2D eigenvalue weighted by Gasteiger charge is -2.25. The zero-order valence-electron chi connectivity index (χ0n) is 20.9. The Kier molecular flexibility index (Phi) is 8.55. The molecule has 0 spiro atoms. The SMILES string of the molecule is Cc1nn(-c2ccccc2)c(Oc2ccccc2F)c1CN(CC1CC1)C[C@@H](O)COCC(C)C. The third-order valence-electron chi connectivity index (χ3n) is 6.01. The first-order valence-electron chi connectivity index (χ1n) is 12.4. The summed E-state index contributed by atoms with van der Waals surface area (Å²) in [6.45, 7) is 8.98. The molecule has 7 heteroatoms. The lowest BCUT2D eigenvalue weighted by atomic mass is 10.2. The van der Waals surface area contributed by atoms with Crippen LogP contribution in [0.4, 0.5) is 4.39 Å². The first-order chi connectivity index (χ1) is 16.9. The van der Waals surface area contributed by atoms with Gasteiger partial charge in [-0.05, 0) is 55.9 Å². The van der Waals surface area contributed by atoms with E-state index in [1.807, 2.05) is 37.3 Å². The summed E-state index contributed by atoms with van der Waals surface area (Å²) in [6.07, 6.45) is 1.82. The number of ether oxygens (including phenoxy) is 2. The average Bonchev–Trinajstić information content (AvgIpc) is 3.59. The molecule has 0 saturated heterocycles. The van der Waals surface area contributed by atoms with Crippen molar-refractivity contribution < 1.29 is 19.0 Å². The normalized spacial score (nSPS) is 14.6. The third-order valence-corrected chi connectivity index (χ3v) is 6.01. The fourth-order valence-corrected chi connectivity index (χ4v) is 4.08. The number of para-hydroxylation sites is 2. The van der Waals surface area contributed by atoms with Crippen molar-refractivity contribution in [3.8, 4) is 17.3 Å². The van der Waals surface area contributed by atoms with Crippen molar-refractivity contribution in [2.45, 2.75) is 46.3 Å². The molecular formula is C28H36FN3O3. The van der Waals surface area contributed by atoms with E-state index in [1.54, 1.807) is 22.9 Å². The summed E-state index contributed by atoms with van der Waals surface area (Å²) >= 11 is 0. The van der Waals surface area contributed by atoms with Gasteiger partial charge in [-0.3, -0.25) is 4.90 Å². The fraction of sp³-hybridized carbons (Fsp3) is 0.464. The summed E-state index contributed by atoms with van der Waals surface area (Å²) in [5.74, 6) is 1.28. The van der Waals surface area contributed by atoms with Gasteiger partial charge in [0.1, 0.15) is 0 Å². The lowest BCUT2D eigenvalue weighted by molar-refractivity contribution is 0.00609. The Morgan fingerprint density at radius 3 is 2.49 bits per heavy atom. The third kappa shape index (κ3) is 7.13. The quantitative estimate of drug-likeness (QED) is 0.356. The largest absolute Gasteiger partial charge is 0.435 e. The van der Waals surface area contributed by atoms with Crippen molar-refractivity contribution in [3.63, 3.8) is 0 Å². The van der Waals surface area contributed by atoms with Crippen LogP contribution in [0.1, 0.15) is 37.9 Å². The summed E-state index contributed by atoms with van der Waals surface area (Å²) in [6, 6.07) is 16.1. The van der Waals surface area contributed by atoms with E-state index in [0.717, 1.165) is 23.5 Å². The molecule has 1 aromatic heterocycles. The minimum atomic E-state index is -0.590. The van der Waals surface area contributed by atoms with Gasteiger partial charge in [-0.2, -0.15) is 5.10 Å². The number of aliphatic hydroxyl groups excluding tert-OH is 1. The van der Waals surface area contributed by atoms with Gasteiger partial charge in [-0.1, -0.05) is 44.2 Å². The van der Waals surface area contributed by atoms with Crippen LogP contribution in [0, 0.1) is 24.6 Å². The Hall–Kier alpha value is -2.74. The molecule has 0 amide bonds. The van der Waals surface area contributed by atoms with Gasteiger partial charge in [-0.15, -0.1) is 0 Å². The van der Waals surface area contributed by atoms with Crippen LogP contribution >= 0.6 is 0 Å². The number of aryl methyl sites for hydroxylation is 1. The predicted octanol–water partition coefficient (Wildman–Crippen LogP) is 5.36. The van der Waals surface area contributed by atoms with E-state index in [0.29, 0.717) is 44.0 Å². The molecule has 1 saturated carbocycles. The molecule has 1 heterocycles. The van der Waals surface area contributed by atoms with Gasteiger partial charge >= 0.3 is 0 Å². The van der Waals surface area contributed by atoms with Gasteiger partial charge < -0.3 is 14.6 Å². The highest BCUT2D eigenvalue weighted by molar-refractivity contribution is 5.43. The topological polar surface area (TPSA) is 59.8 Å². The van der Waals surface area contributed by atoms with Crippen molar-refractivity contribution in [1.82, 2.24) is 14.7 Å². The Bertz CT molecular complexity index is 1080. The van der Waals surface area contributed by atoms with Gasteiger partial charge in [0, 0.05) is 26.2 Å². The highest BCUT2D eigenvalue weighted by Crippen LogP contribution is 2.34. The van der Waals surface area contributed by atoms with Crippen LogP contribution in [0.15, 0.2) is 54.6 Å². The lowest BCUT2D eigenvalue weighted by Crippen LogP contribution is -2.36. The molecule has 0 unspecified atom stereocenters. The summed E-state index contributed by atoms with van der Waals surface area (Å²) in [5, 5.41) is 15.4. The number of rotatable bonds is 13. The van der Waals surface area contributed by atoms with Crippen molar-refractivity contribution in [2.75, 3.05) is 26.3 Å². The average molecular weight is 482 g/mol. The zero-order chi connectivity index (χ0) is 24.8. The maximum absolute atomic E-state index is 14.5. The Morgan fingerprint density at radius 1 is 1.09 bits per heavy atom. The Labute approximate surface area is 207 Å². The van der Waals surface area contributed by atoms with Crippen LogP contribution in [0.3, 0.4) is 0 Å². The first kappa shape index (κ1) is 25.4. The number of benzene rings is 2. The number of hydrogen-bond acceptors (Lipinski definition) is 5. The fourth-order valence-electron chi connectivity index (χ4n) is 4.08. The van der Waals surface area contributed by atoms with Crippen LogP contribution in [-0.2, 0) is 11.3 Å². The molecular weight excluding hydrogens is 445 g/mol. The Morgan fingerprint density at radius 2 is 1.80 bits per heavy atom. The molecule has 1 aliphatic rings. The maximum atomic E-state index is 14.5. The number of halogens is 1. The minimum Gasteiger partial charge on any atom is -0.435 e. The second-order valence-corrected chi connectivity index (χ2v) is 9.87. The van der Waals surface area contributed by atoms with Gasteiger partial charge in [0.25, 0.3) is 0 Å². The molecule has 2 aromatic carbocycles. The molecule has 35 heavy (non-hydrogen) atoms. The molecule has 1 N–H and O–H groups in total. The second kappa shape index (κ2) is 11.8. The summed E-state index contributed by atoms with van der Waals surface area (Å²) in [7, 11) is 0. The van der Waals surface area contributed by atoms with Crippen LogP contribution in [-0.4, -0.2) is 52.2 Å². The Balaban J connectivity index is 1.61. The molecule has 188 valence electrons. The molecule has 0 bridgehead atoms. The van der Waals surface area contributed by atoms with E-state index in [2.05, 4.69) is 18.7 Å². The van der Waals surface area contributed by atoms with Crippen molar-refractivity contribution >= 4 is 0 Å². The second-order valence-electron chi connectivity index (χ2n) is 9.87. The van der Waals surface area contributed by atoms with Crippen LogP contribution in [0.5, 0.6) is 11.6 Å². The van der Waals surface area contributed by atoms with Crippen LogP contribution in [0.2, 0.25) is 0 Å². The molecule has 0 radical (unpaired) electrons. The molecule has 6 nitrogen and oxygen atoms in total. The van der Waals surface area contributed by atoms with E-state index < -0.39 is 11.9 Å². The van der Waals surface area contributed by atoms with Crippen molar-refractivity contribution in [3.05, 3.63) is 71.7 Å². The molecule has 1 fully saturated rings. The van der Waals surface area contributed by atoms with E-state index >= 15 is 0 Å². The highest BCUT2D eigenvalue weighted by atomic mass is 19.1.